The van der Waals surface area contributed by atoms with E-state index in [-0.39, 0.29) is 29.5 Å². The van der Waals surface area contributed by atoms with Crippen molar-refractivity contribution in [3.63, 3.8) is 0 Å². The molecule has 206 valence electrons. The van der Waals surface area contributed by atoms with Gasteiger partial charge in [0.25, 0.3) is 5.91 Å². The molecule has 2 N–H and O–H groups in total. The van der Waals surface area contributed by atoms with E-state index >= 15 is 0 Å². The Labute approximate surface area is 230 Å². The summed E-state index contributed by atoms with van der Waals surface area (Å²) in [6.45, 7) is 11.3. The average Bonchev–Trinajstić information content (AvgIpc) is 3.57. The summed E-state index contributed by atoms with van der Waals surface area (Å²) in [5.74, 6) is 0.204. The predicted octanol–water partition coefficient (Wildman–Crippen LogP) is 5.05. The van der Waals surface area contributed by atoms with Crippen molar-refractivity contribution in [1.29, 1.82) is 0 Å². The second-order valence-corrected chi connectivity index (χ2v) is 11.2. The lowest BCUT2D eigenvalue weighted by atomic mass is 9.98. The van der Waals surface area contributed by atoms with Gasteiger partial charge >= 0.3 is 6.09 Å². The molecule has 1 fully saturated rings. The van der Waals surface area contributed by atoms with Crippen LogP contribution in [0.3, 0.4) is 0 Å². The Morgan fingerprint density at radius 2 is 1.71 bits per heavy atom. The number of amides is 3. The van der Waals surface area contributed by atoms with Crippen molar-refractivity contribution >= 4 is 36.2 Å². The third kappa shape index (κ3) is 7.43. The second kappa shape index (κ2) is 12.1. The van der Waals surface area contributed by atoms with Crippen LogP contribution in [0.5, 0.6) is 5.75 Å². The van der Waals surface area contributed by atoms with E-state index in [1.165, 1.54) is 0 Å². The van der Waals surface area contributed by atoms with Crippen LogP contribution in [0.2, 0.25) is 0 Å². The first-order chi connectivity index (χ1) is 17.8. The highest BCUT2D eigenvalue weighted by atomic mass is 32.1. The number of hydrogen-bond donors (Lipinski definition) is 3. The van der Waals surface area contributed by atoms with Crippen LogP contribution < -0.4 is 15.4 Å². The molecule has 0 saturated heterocycles. The number of thiol groups is 1. The monoisotopic (exact) mass is 541 g/mol. The molecule has 0 radical (unpaired) electrons. The van der Waals surface area contributed by atoms with E-state index in [4.69, 9.17) is 9.47 Å². The number of hydrogen-bond acceptors (Lipinski definition) is 6. The number of ether oxygens (including phenoxy) is 2. The van der Waals surface area contributed by atoms with Crippen LogP contribution in [0.15, 0.2) is 42.5 Å². The van der Waals surface area contributed by atoms with Crippen molar-refractivity contribution in [3.05, 3.63) is 59.2 Å². The van der Waals surface area contributed by atoms with E-state index in [0.717, 1.165) is 17.5 Å². The third-order valence-corrected chi connectivity index (χ3v) is 6.95. The normalized spacial score (nSPS) is 18.1. The summed E-state index contributed by atoms with van der Waals surface area (Å²) in [5, 5.41) is 5.62. The first-order valence-corrected chi connectivity index (χ1v) is 13.4. The van der Waals surface area contributed by atoms with Crippen LogP contribution >= 0.6 is 12.6 Å². The Kier molecular flexibility index (Phi) is 9.35. The minimum Gasteiger partial charge on any atom is -0.497 e. The van der Waals surface area contributed by atoms with Gasteiger partial charge in [0.05, 0.1) is 7.11 Å². The van der Waals surface area contributed by atoms with Gasteiger partial charge in [-0.15, -0.1) is 0 Å². The van der Waals surface area contributed by atoms with Gasteiger partial charge in [0, 0.05) is 17.5 Å². The van der Waals surface area contributed by atoms with Crippen molar-refractivity contribution in [2.45, 2.75) is 71.7 Å². The standard InChI is InChI=1S/C29H39N3O5S/c1-17-8-9-20(14-18(17)2)25(26(33)30-21-10-12-22(36-7)13-11-21)32(24-15-19(24)3)27(34)23(16-38)31-28(35)37-29(4,5)6/h8-14,19,23-25,38H,15-16H2,1-7H3,(H,30,33)(H,31,35). The number of methoxy groups -OCH3 is 1. The summed E-state index contributed by atoms with van der Waals surface area (Å²) in [6, 6.07) is 10.8. The number of nitrogens with zero attached hydrogens (tertiary/aromatic N) is 1. The summed E-state index contributed by atoms with van der Waals surface area (Å²) < 4.78 is 10.6. The molecule has 1 aliphatic carbocycles. The molecule has 3 amide bonds. The van der Waals surface area contributed by atoms with Gasteiger partial charge in [0.2, 0.25) is 5.91 Å². The molecule has 1 aliphatic rings. The maximum atomic E-state index is 14.0. The number of anilines is 1. The van der Waals surface area contributed by atoms with Crippen LogP contribution in [0.25, 0.3) is 0 Å². The third-order valence-electron chi connectivity index (χ3n) is 6.58. The molecule has 9 heteroatoms. The molecule has 0 aromatic heterocycles. The van der Waals surface area contributed by atoms with Crippen LogP contribution in [0.4, 0.5) is 10.5 Å². The molecule has 0 aliphatic heterocycles. The highest BCUT2D eigenvalue weighted by Gasteiger charge is 2.48. The first-order valence-electron chi connectivity index (χ1n) is 12.8. The van der Waals surface area contributed by atoms with Gasteiger partial charge in [0.1, 0.15) is 23.4 Å². The van der Waals surface area contributed by atoms with E-state index in [0.29, 0.717) is 17.0 Å². The van der Waals surface area contributed by atoms with Crippen molar-refractivity contribution < 1.29 is 23.9 Å². The van der Waals surface area contributed by atoms with Crippen molar-refractivity contribution in [2.75, 3.05) is 18.2 Å². The van der Waals surface area contributed by atoms with Crippen LogP contribution in [0.1, 0.15) is 56.8 Å². The van der Waals surface area contributed by atoms with Gasteiger partial charge in [-0.05, 0) is 87.9 Å². The number of alkyl carbamates (subject to hydrolysis) is 1. The lowest BCUT2D eigenvalue weighted by Crippen LogP contribution is -2.54. The van der Waals surface area contributed by atoms with Crippen LogP contribution in [-0.2, 0) is 14.3 Å². The molecule has 8 nitrogen and oxygen atoms in total. The van der Waals surface area contributed by atoms with Gasteiger partial charge in [0.15, 0.2) is 0 Å². The largest absolute Gasteiger partial charge is 0.497 e. The van der Waals surface area contributed by atoms with Gasteiger partial charge in [-0.25, -0.2) is 4.79 Å². The number of carbonyl (C=O) groups is 3. The predicted molar refractivity (Wildman–Crippen MR) is 152 cm³/mol. The molecule has 2 aromatic carbocycles. The van der Waals surface area contributed by atoms with E-state index in [2.05, 4.69) is 23.3 Å². The second-order valence-electron chi connectivity index (χ2n) is 10.9. The molecule has 4 unspecified atom stereocenters. The molecule has 1 saturated carbocycles. The minimum absolute atomic E-state index is 0.0510. The van der Waals surface area contributed by atoms with Crippen molar-refractivity contribution in [3.8, 4) is 5.75 Å². The lowest BCUT2D eigenvalue weighted by molar-refractivity contribution is -0.141. The van der Waals surface area contributed by atoms with Crippen molar-refractivity contribution in [1.82, 2.24) is 10.2 Å². The van der Waals surface area contributed by atoms with E-state index in [9.17, 15) is 14.4 Å². The fraction of sp³-hybridized carbons (Fsp3) is 0.483. The quantitative estimate of drug-likeness (QED) is 0.386. The maximum absolute atomic E-state index is 14.0. The topological polar surface area (TPSA) is 97.0 Å². The minimum atomic E-state index is -0.969. The van der Waals surface area contributed by atoms with Gasteiger partial charge < -0.3 is 25.0 Å². The summed E-state index contributed by atoms with van der Waals surface area (Å²) >= 11 is 4.35. The molecule has 0 spiro atoms. The van der Waals surface area contributed by atoms with E-state index in [1.54, 1.807) is 57.0 Å². The number of nitrogens with one attached hydrogen (secondary N) is 2. The Morgan fingerprint density at radius 1 is 1.08 bits per heavy atom. The molecule has 3 rings (SSSR count). The highest BCUT2D eigenvalue weighted by Crippen LogP contribution is 2.41. The Bertz CT molecular complexity index is 1160. The van der Waals surface area contributed by atoms with Gasteiger partial charge in [-0.1, -0.05) is 25.1 Å². The Balaban J connectivity index is 1.99. The first kappa shape index (κ1) is 29.4. The molecule has 2 aromatic rings. The molecular formula is C29H39N3O5S. The number of rotatable bonds is 9. The number of benzene rings is 2. The lowest BCUT2D eigenvalue weighted by Gasteiger charge is -2.35. The molecule has 0 bridgehead atoms. The summed E-state index contributed by atoms with van der Waals surface area (Å²) in [7, 11) is 1.58. The maximum Gasteiger partial charge on any atom is 0.408 e. The van der Waals surface area contributed by atoms with Gasteiger partial charge in [-0.2, -0.15) is 12.6 Å². The fourth-order valence-corrected chi connectivity index (χ4v) is 4.49. The van der Waals surface area contributed by atoms with E-state index in [1.807, 2.05) is 39.0 Å². The molecule has 0 heterocycles. The summed E-state index contributed by atoms with van der Waals surface area (Å²) in [6.07, 6.45) is 0.0494. The Hall–Kier alpha value is -3.20. The fourth-order valence-electron chi connectivity index (χ4n) is 4.25. The SMILES string of the molecule is COc1ccc(NC(=O)C(c2ccc(C)c(C)c2)N(C(=O)C(CS)NC(=O)OC(C)(C)C)C2CC2C)cc1. The molecule has 38 heavy (non-hydrogen) atoms. The smallest absolute Gasteiger partial charge is 0.408 e. The zero-order valence-corrected chi connectivity index (χ0v) is 24.1. The molecular weight excluding hydrogens is 502 g/mol. The average molecular weight is 542 g/mol. The zero-order valence-electron chi connectivity index (χ0n) is 23.2. The number of carbonyl (C=O) groups excluding carboxylic acids is 3. The number of aryl methyl sites for hydroxylation is 2. The zero-order chi connectivity index (χ0) is 28.2. The van der Waals surface area contributed by atoms with Crippen LogP contribution in [-0.4, -0.2) is 53.4 Å². The van der Waals surface area contributed by atoms with Gasteiger partial charge in [-0.3, -0.25) is 9.59 Å². The van der Waals surface area contributed by atoms with Crippen molar-refractivity contribution in [2.24, 2.45) is 5.92 Å². The summed E-state index contributed by atoms with van der Waals surface area (Å²) in [5.41, 5.74) is 2.65. The molecule has 4 atom stereocenters. The highest BCUT2D eigenvalue weighted by molar-refractivity contribution is 7.80. The van der Waals surface area contributed by atoms with E-state index < -0.39 is 23.8 Å². The summed E-state index contributed by atoms with van der Waals surface area (Å²) in [4.78, 5) is 42.1. The Morgan fingerprint density at radius 3 is 2.21 bits per heavy atom. The van der Waals surface area contributed by atoms with Crippen LogP contribution in [0, 0.1) is 19.8 Å².